The average Bonchev–Trinajstić information content (AvgIpc) is 3.84. The van der Waals surface area contributed by atoms with Gasteiger partial charge < -0.3 is 13.4 Å². The molecule has 0 unspecified atom stereocenters. The van der Waals surface area contributed by atoms with E-state index >= 15 is 0 Å². The lowest BCUT2D eigenvalue weighted by atomic mass is 9.95. The molecule has 3 heterocycles. The summed E-state index contributed by atoms with van der Waals surface area (Å²) in [5.74, 6) is 0. The molecule has 0 saturated heterocycles. The Morgan fingerprint density at radius 2 is 0.944 bits per heavy atom. The lowest BCUT2D eigenvalue weighted by Crippen LogP contribution is -1.96. The van der Waals surface area contributed by atoms with Crippen molar-refractivity contribution in [2.75, 3.05) is 0 Å². The molecule has 3 heteroatoms. The summed E-state index contributed by atoms with van der Waals surface area (Å²) >= 11 is 0. The maximum Gasteiger partial charge on any atom is 0.142 e. The van der Waals surface area contributed by atoms with Gasteiger partial charge in [0.15, 0.2) is 0 Å². The largest absolute Gasteiger partial charge is 0.456 e. The second-order valence-corrected chi connectivity index (χ2v) is 15.0. The fourth-order valence-electron chi connectivity index (χ4n) is 8.74. The summed E-state index contributed by atoms with van der Waals surface area (Å²) in [5.41, 5.74) is 18.9. The quantitative estimate of drug-likeness (QED) is 0.183. The number of hydrogen-bond donors (Lipinski definition) is 0. The number of fused-ring (bicyclic) bond motifs is 9. The van der Waals surface area contributed by atoms with Crippen LogP contribution in [0.4, 0.5) is 0 Å². The van der Waals surface area contributed by atoms with Crippen LogP contribution in [0.25, 0.3) is 82.5 Å². The lowest BCUT2D eigenvalue weighted by molar-refractivity contribution is 0.650. The van der Waals surface area contributed by atoms with Crippen LogP contribution in [0.5, 0.6) is 0 Å². The normalized spacial score (nSPS) is 11.8. The van der Waals surface area contributed by atoms with Crippen LogP contribution in [0.2, 0.25) is 0 Å². The zero-order valence-corrected chi connectivity index (χ0v) is 32.2. The number of benzene rings is 7. The van der Waals surface area contributed by atoms with E-state index in [0.717, 1.165) is 46.1 Å². The minimum Gasteiger partial charge on any atom is -0.456 e. The van der Waals surface area contributed by atoms with E-state index < -0.39 is 0 Å². The Bertz CT molecular complexity index is 2980. The van der Waals surface area contributed by atoms with Crippen molar-refractivity contribution < 1.29 is 8.83 Å². The molecule has 0 spiro atoms. The van der Waals surface area contributed by atoms with Gasteiger partial charge in [-0.2, -0.15) is 0 Å². The van der Waals surface area contributed by atoms with Crippen molar-refractivity contribution in [2.24, 2.45) is 0 Å². The van der Waals surface area contributed by atoms with Crippen LogP contribution in [-0.2, 0) is 6.42 Å². The van der Waals surface area contributed by atoms with E-state index in [-0.39, 0.29) is 0 Å². The van der Waals surface area contributed by atoms with Gasteiger partial charge in [0.2, 0.25) is 0 Å². The summed E-state index contributed by atoms with van der Waals surface area (Å²) in [6.45, 7) is 15.3. The molecule has 266 valence electrons. The first-order chi connectivity index (χ1) is 26.2. The summed E-state index contributed by atoms with van der Waals surface area (Å²) in [6.07, 6.45) is 2.20. The summed E-state index contributed by atoms with van der Waals surface area (Å²) in [4.78, 5) is 0. The molecule has 7 aromatic carbocycles. The van der Waals surface area contributed by atoms with Crippen molar-refractivity contribution in [2.45, 2.75) is 61.3 Å². The zero-order valence-electron chi connectivity index (χ0n) is 32.2. The number of para-hydroxylation sites is 2. The van der Waals surface area contributed by atoms with Crippen LogP contribution in [0, 0.1) is 41.5 Å². The van der Waals surface area contributed by atoms with E-state index in [0.29, 0.717) is 0 Å². The monoisotopic (exact) mass is 703 g/mol. The number of aryl methyl sites for hydroxylation is 7. The van der Waals surface area contributed by atoms with Gasteiger partial charge in [-0.1, -0.05) is 98.3 Å². The molecule has 0 radical (unpaired) electrons. The fourth-order valence-corrected chi connectivity index (χ4v) is 8.74. The topological polar surface area (TPSA) is 31.2 Å². The summed E-state index contributed by atoms with van der Waals surface area (Å²) in [7, 11) is 0. The number of rotatable bonds is 4. The maximum absolute atomic E-state index is 6.61. The third-order valence-corrected chi connectivity index (χ3v) is 11.5. The molecule has 0 aliphatic rings. The van der Waals surface area contributed by atoms with Crippen molar-refractivity contribution in [1.29, 1.82) is 0 Å². The van der Waals surface area contributed by atoms with Crippen molar-refractivity contribution in [1.82, 2.24) is 4.57 Å². The Morgan fingerprint density at radius 1 is 0.463 bits per heavy atom. The molecule has 0 atom stereocenters. The van der Waals surface area contributed by atoms with Gasteiger partial charge in [0.1, 0.15) is 22.3 Å². The smallest absolute Gasteiger partial charge is 0.142 e. The first-order valence-electron chi connectivity index (χ1n) is 19.2. The molecule has 0 N–H and O–H groups in total. The predicted octanol–water partition coefficient (Wildman–Crippen LogP) is 14.7. The number of furan rings is 2. The third kappa shape index (κ3) is 5.25. The first-order valence-corrected chi connectivity index (χ1v) is 19.2. The zero-order chi connectivity index (χ0) is 37.2. The number of aromatic nitrogens is 1. The fraction of sp³-hybridized carbons (Fsp3) is 0.176. The highest BCUT2D eigenvalue weighted by Gasteiger charge is 2.23. The predicted molar refractivity (Wildman–Crippen MR) is 230 cm³/mol. The van der Waals surface area contributed by atoms with Gasteiger partial charge in [-0.05, 0) is 129 Å². The lowest BCUT2D eigenvalue weighted by Gasteiger charge is -2.12. The molecule has 0 fully saturated rings. The Labute approximate surface area is 316 Å². The molecule has 0 bridgehead atoms. The highest BCUT2D eigenvalue weighted by Crippen LogP contribution is 2.44. The van der Waals surface area contributed by atoms with Crippen molar-refractivity contribution >= 4 is 65.7 Å². The second kappa shape index (κ2) is 13.1. The SMILES string of the molecule is CCCc1cc2c(cc1C)oc1c(C)c3oc4cc(C)c(-n5c6ccccc6c6ccccc65)cc4c3c(C)c12.Cc1ccccc1-c1ccccc1C. The minimum absolute atomic E-state index is 0.919. The molecule has 0 aliphatic carbocycles. The number of hydrogen-bond acceptors (Lipinski definition) is 2. The second-order valence-electron chi connectivity index (χ2n) is 15.0. The van der Waals surface area contributed by atoms with Crippen molar-refractivity contribution in [3.05, 3.63) is 160 Å². The maximum atomic E-state index is 6.61. The van der Waals surface area contributed by atoms with E-state index in [2.05, 4.69) is 174 Å². The average molecular weight is 704 g/mol. The van der Waals surface area contributed by atoms with Gasteiger partial charge in [-0.3, -0.25) is 0 Å². The Hall–Kier alpha value is -6.06. The van der Waals surface area contributed by atoms with Gasteiger partial charge in [0.05, 0.1) is 11.0 Å². The highest BCUT2D eigenvalue weighted by molar-refractivity contribution is 6.20. The van der Waals surface area contributed by atoms with Crippen molar-refractivity contribution in [3.63, 3.8) is 0 Å². The summed E-state index contributed by atoms with van der Waals surface area (Å²) < 4.78 is 15.5. The van der Waals surface area contributed by atoms with Crippen molar-refractivity contribution in [3.8, 4) is 16.8 Å². The van der Waals surface area contributed by atoms with Gasteiger partial charge in [-0.15, -0.1) is 0 Å². The van der Waals surface area contributed by atoms with Gasteiger partial charge in [0.25, 0.3) is 0 Å². The van der Waals surface area contributed by atoms with Crippen LogP contribution in [-0.4, -0.2) is 4.57 Å². The molecule has 0 saturated carbocycles. The van der Waals surface area contributed by atoms with Gasteiger partial charge in [0, 0.05) is 43.6 Å². The molecule has 0 amide bonds. The molecule has 10 rings (SSSR count). The van der Waals surface area contributed by atoms with Crippen LogP contribution in [0.15, 0.2) is 130 Å². The number of nitrogens with zero attached hydrogens (tertiary/aromatic N) is 1. The Kier molecular flexibility index (Phi) is 8.19. The molecule has 10 aromatic rings. The molecular formula is C51H45NO2. The molecule has 0 aliphatic heterocycles. The molecule has 3 aromatic heterocycles. The Morgan fingerprint density at radius 3 is 1.48 bits per heavy atom. The van der Waals surface area contributed by atoms with Crippen LogP contribution < -0.4 is 0 Å². The van der Waals surface area contributed by atoms with Crippen LogP contribution in [0.3, 0.4) is 0 Å². The van der Waals surface area contributed by atoms with E-state index in [1.807, 2.05) is 0 Å². The molecular weight excluding hydrogens is 659 g/mol. The van der Waals surface area contributed by atoms with E-state index in [1.54, 1.807) is 0 Å². The first kappa shape index (κ1) is 33.8. The van der Waals surface area contributed by atoms with Crippen LogP contribution >= 0.6 is 0 Å². The van der Waals surface area contributed by atoms with E-state index in [1.165, 1.54) is 88.2 Å². The van der Waals surface area contributed by atoms with Gasteiger partial charge in [-0.25, -0.2) is 0 Å². The van der Waals surface area contributed by atoms with E-state index in [9.17, 15) is 0 Å². The highest BCUT2D eigenvalue weighted by atomic mass is 16.3. The molecule has 54 heavy (non-hydrogen) atoms. The Balaban J connectivity index is 0.000000231. The third-order valence-electron chi connectivity index (χ3n) is 11.5. The standard InChI is InChI=1S/C37H31NO2.C14H14/c1-6-11-24-18-27-32(16-20(24)2)39-36-23(5)37-35(22(4)34(27)36)28-19-31(21(3)17-33(28)40-37)38-29-14-9-7-12-25(29)26-13-8-10-15-30(26)38;1-11-7-3-5-9-13(11)14-10-6-4-8-12(14)2/h7-10,12-19H,6,11H2,1-5H3;3-10H,1-2H3. The summed E-state index contributed by atoms with van der Waals surface area (Å²) in [5, 5.41) is 7.28. The molecule has 3 nitrogen and oxygen atoms in total. The van der Waals surface area contributed by atoms with Gasteiger partial charge >= 0.3 is 0 Å². The minimum atomic E-state index is 0.919. The summed E-state index contributed by atoms with van der Waals surface area (Å²) in [6, 6.07) is 43.5. The van der Waals surface area contributed by atoms with Crippen LogP contribution in [0.1, 0.15) is 52.3 Å². The van der Waals surface area contributed by atoms with E-state index in [4.69, 9.17) is 8.83 Å².